The van der Waals surface area contributed by atoms with E-state index >= 15 is 0 Å². The third-order valence-electron chi connectivity index (χ3n) is 4.99. The van der Waals surface area contributed by atoms with Gasteiger partial charge in [0, 0.05) is 19.2 Å². The quantitative estimate of drug-likeness (QED) is 0.620. The van der Waals surface area contributed by atoms with Crippen molar-refractivity contribution >= 4 is 5.65 Å². The van der Waals surface area contributed by atoms with Gasteiger partial charge in [-0.15, -0.1) is 10.2 Å². The predicted molar refractivity (Wildman–Crippen MR) is 91.1 cm³/mol. The summed E-state index contributed by atoms with van der Waals surface area (Å²) in [5.74, 6) is 1.75. The SMILES string of the molecule is Cc1cc(-c2cc(C3CC3c3cn[nH]c3)nn2C)nn2c(C)nnc12. The Labute approximate surface area is 143 Å². The van der Waals surface area contributed by atoms with Crippen molar-refractivity contribution in [2.24, 2.45) is 7.05 Å². The van der Waals surface area contributed by atoms with Gasteiger partial charge in [-0.3, -0.25) is 9.78 Å². The first-order valence-electron chi connectivity index (χ1n) is 8.34. The third kappa shape index (κ3) is 2.17. The van der Waals surface area contributed by atoms with Gasteiger partial charge < -0.3 is 0 Å². The van der Waals surface area contributed by atoms with Gasteiger partial charge >= 0.3 is 0 Å². The molecule has 1 saturated carbocycles. The molecule has 2 atom stereocenters. The van der Waals surface area contributed by atoms with Crippen LogP contribution in [0.15, 0.2) is 24.5 Å². The molecule has 0 bridgehead atoms. The number of aryl methyl sites for hydroxylation is 3. The van der Waals surface area contributed by atoms with E-state index in [1.165, 1.54) is 5.56 Å². The topological polar surface area (TPSA) is 89.6 Å². The molecule has 1 aliphatic carbocycles. The zero-order valence-corrected chi connectivity index (χ0v) is 14.3. The first kappa shape index (κ1) is 14.3. The molecule has 0 radical (unpaired) electrons. The molecule has 25 heavy (non-hydrogen) atoms. The standard InChI is InChI=1S/C17H18N8/c1-9-4-15(23-25-10(2)20-21-17(9)25)16-6-14(22-24(16)3)13-5-12(13)11-7-18-19-8-11/h4,6-8,12-13H,5H2,1-3H3,(H,18,19). The smallest absolute Gasteiger partial charge is 0.180 e. The molecule has 0 saturated heterocycles. The van der Waals surface area contributed by atoms with E-state index in [-0.39, 0.29) is 0 Å². The maximum Gasteiger partial charge on any atom is 0.180 e. The second kappa shape index (κ2) is 4.98. The largest absolute Gasteiger partial charge is 0.285 e. The molecule has 1 aliphatic rings. The summed E-state index contributed by atoms with van der Waals surface area (Å²) in [6.45, 7) is 3.94. The van der Waals surface area contributed by atoms with Gasteiger partial charge in [0.25, 0.3) is 0 Å². The number of aromatic nitrogens is 8. The van der Waals surface area contributed by atoms with E-state index in [9.17, 15) is 0 Å². The maximum absolute atomic E-state index is 4.73. The van der Waals surface area contributed by atoms with Gasteiger partial charge in [0.05, 0.1) is 17.6 Å². The van der Waals surface area contributed by atoms with Crippen LogP contribution in [0.25, 0.3) is 17.0 Å². The fourth-order valence-corrected chi connectivity index (χ4v) is 3.52. The average molecular weight is 334 g/mol. The number of hydrogen-bond acceptors (Lipinski definition) is 5. The van der Waals surface area contributed by atoms with Gasteiger partial charge in [0.2, 0.25) is 0 Å². The fraction of sp³-hybridized carbons (Fsp3) is 0.353. The highest BCUT2D eigenvalue weighted by molar-refractivity contribution is 5.60. The Morgan fingerprint density at radius 2 is 2.00 bits per heavy atom. The van der Waals surface area contributed by atoms with E-state index in [1.807, 2.05) is 44.0 Å². The molecular formula is C17H18N8. The highest BCUT2D eigenvalue weighted by Crippen LogP contribution is 2.54. The predicted octanol–water partition coefficient (Wildman–Crippen LogP) is 2.14. The molecule has 0 spiro atoms. The average Bonchev–Trinajstić information content (AvgIpc) is 2.94. The minimum absolute atomic E-state index is 0.457. The van der Waals surface area contributed by atoms with E-state index in [2.05, 4.69) is 26.5 Å². The van der Waals surface area contributed by atoms with Crippen LogP contribution in [0.5, 0.6) is 0 Å². The number of H-pyrrole nitrogens is 1. The fourth-order valence-electron chi connectivity index (χ4n) is 3.52. The lowest BCUT2D eigenvalue weighted by atomic mass is 10.1. The molecule has 0 amide bonds. The monoisotopic (exact) mass is 334 g/mol. The number of nitrogens with zero attached hydrogens (tertiary/aromatic N) is 7. The van der Waals surface area contributed by atoms with Crippen molar-refractivity contribution in [3.8, 4) is 11.4 Å². The molecular weight excluding hydrogens is 316 g/mol. The van der Waals surface area contributed by atoms with E-state index in [1.54, 1.807) is 4.52 Å². The van der Waals surface area contributed by atoms with Crippen molar-refractivity contribution in [3.63, 3.8) is 0 Å². The lowest BCUT2D eigenvalue weighted by Crippen LogP contribution is -2.02. The van der Waals surface area contributed by atoms with Gasteiger partial charge in [-0.25, -0.2) is 0 Å². The molecule has 126 valence electrons. The molecule has 5 rings (SSSR count). The molecule has 4 aromatic rings. The molecule has 1 N–H and O–H groups in total. The Morgan fingerprint density at radius 3 is 2.80 bits per heavy atom. The highest BCUT2D eigenvalue weighted by atomic mass is 15.4. The van der Waals surface area contributed by atoms with Crippen LogP contribution in [-0.4, -0.2) is 39.8 Å². The van der Waals surface area contributed by atoms with Gasteiger partial charge in [-0.1, -0.05) is 0 Å². The molecule has 8 heteroatoms. The van der Waals surface area contributed by atoms with Crippen LogP contribution >= 0.6 is 0 Å². The summed E-state index contributed by atoms with van der Waals surface area (Å²) in [6, 6.07) is 4.20. The molecule has 4 heterocycles. The molecule has 1 fully saturated rings. The van der Waals surface area contributed by atoms with Crippen LogP contribution in [0.1, 0.15) is 40.9 Å². The van der Waals surface area contributed by atoms with Crippen molar-refractivity contribution in [2.45, 2.75) is 32.1 Å². The van der Waals surface area contributed by atoms with Crippen LogP contribution in [-0.2, 0) is 7.05 Å². The third-order valence-corrected chi connectivity index (χ3v) is 4.99. The number of fused-ring (bicyclic) bond motifs is 1. The van der Waals surface area contributed by atoms with Crippen LogP contribution in [0.3, 0.4) is 0 Å². The van der Waals surface area contributed by atoms with E-state index in [4.69, 9.17) is 10.2 Å². The zero-order valence-electron chi connectivity index (χ0n) is 14.3. The van der Waals surface area contributed by atoms with Crippen molar-refractivity contribution in [1.82, 2.24) is 39.8 Å². The first-order valence-corrected chi connectivity index (χ1v) is 8.34. The number of rotatable bonds is 3. The Kier molecular flexibility index (Phi) is 2.85. The summed E-state index contributed by atoms with van der Waals surface area (Å²) >= 11 is 0. The molecule has 0 aliphatic heterocycles. The van der Waals surface area contributed by atoms with Gasteiger partial charge in [-0.05, 0) is 49.4 Å². The van der Waals surface area contributed by atoms with Gasteiger partial charge in [0.15, 0.2) is 11.5 Å². The van der Waals surface area contributed by atoms with E-state index in [0.29, 0.717) is 11.8 Å². The summed E-state index contributed by atoms with van der Waals surface area (Å²) in [7, 11) is 1.97. The second-order valence-corrected chi connectivity index (χ2v) is 6.75. The molecule has 2 unspecified atom stereocenters. The lowest BCUT2D eigenvalue weighted by molar-refractivity contribution is 0.741. The van der Waals surface area contributed by atoms with E-state index in [0.717, 1.165) is 40.5 Å². The summed E-state index contributed by atoms with van der Waals surface area (Å²) in [5.41, 5.74) is 6.11. The minimum Gasteiger partial charge on any atom is -0.285 e. The number of nitrogens with one attached hydrogen (secondary N) is 1. The Hall–Kier alpha value is -3.03. The summed E-state index contributed by atoms with van der Waals surface area (Å²) in [5, 5.41) is 24.7. The van der Waals surface area contributed by atoms with Crippen LogP contribution in [0.2, 0.25) is 0 Å². The number of aromatic amines is 1. The Bertz CT molecular complexity index is 1070. The van der Waals surface area contributed by atoms with Crippen molar-refractivity contribution < 1.29 is 0 Å². The van der Waals surface area contributed by atoms with Crippen molar-refractivity contribution in [2.75, 3.05) is 0 Å². The van der Waals surface area contributed by atoms with Crippen LogP contribution in [0.4, 0.5) is 0 Å². The molecule has 0 aromatic carbocycles. The summed E-state index contributed by atoms with van der Waals surface area (Å²) in [6.07, 6.45) is 5.00. The second-order valence-electron chi connectivity index (χ2n) is 6.75. The zero-order chi connectivity index (χ0) is 17.1. The number of hydrogen-bond donors (Lipinski definition) is 1. The first-order chi connectivity index (χ1) is 12.1. The van der Waals surface area contributed by atoms with Crippen LogP contribution < -0.4 is 0 Å². The highest BCUT2D eigenvalue weighted by Gasteiger charge is 2.42. The Balaban J connectivity index is 1.53. The Morgan fingerprint density at radius 1 is 1.12 bits per heavy atom. The lowest BCUT2D eigenvalue weighted by Gasteiger charge is -2.04. The van der Waals surface area contributed by atoms with Gasteiger partial charge in [-0.2, -0.15) is 19.8 Å². The van der Waals surface area contributed by atoms with E-state index < -0.39 is 0 Å². The summed E-state index contributed by atoms with van der Waals surface area (Å²) in [4.78, 5) is 0. The van der Waals surface area contributed by atoms with Gasteiger partial charge in [0.1, 0.15) is 5.69 Å². The molecule has 4 aromatic heterocycles. The van der Waals surface area contributed by atoms with Crippen LogP contribution in [0, 0.1) is 13.8 Å². The minimum atomic E-state index is 0.457. The normalized spacial score (nSPS) is 19.6. The molecule has 8 nitrogen and oxygen atoms in total. The van der Waals surface area contributed by atoms with Crippen molar-refractivity contribution in [3.05, 3.63) is 47.2 Å². The van der Waals surface area contributed by atoms with Crippen molar-refractivity contribution in [1.29, 1.82) is 0 Å². The maximum atomic E-state index is 4.73. The summed E-state index contributed by atoms with van der Waals surface area (Å²) < 4.78 is 3.70.